The van der Waals surface area contributed by atoms with Crippen molar-refractivity contribution in [2.75, 3.05) is 12.4 Å². The number of thiophene rings is 1. The molecule has 0 unspecified atom stereocenters. The SMILES string of the molecule is CCc1ccc(CNc2ccc(OC)cc2)s1. The quantitative estimate of drug-likeness (QED) is 0.864. The number of methoxy groups -OCH3 is 1. The second-order valence-electron chi connectivity index (χ2n) is 3.80. The van der Waals surface area contributed by atoms with Gasteiger partial charge in [-0.2, -0.15) is 0 Å². The number of benzene rings is 1. The van der Waals surface area contributed by atoms with E-state index >= 15 is 0 Å². The molecule has 0 fully saturated rings. The highest BCUT2D eigenvalue weighted by molar-refractivity contribution is 7.12. The number of ether oxygens (including phenoxy) is 1. The fraction of sp³-hybridized carbons (Fsp3) is 0.286. The van der Waals surface area contributed by atoms with Crippen molar-refractivity contribution in [3.63, 3.8) is 0 Å². The summed E-state index contributed by atoms with van der Waals surface area (Å²) < 4.78 is 5.12. The first kappa shape index (κ1) is 12.0. The van der Waals surface area contributed by atoms with Gasteiger partial charge in [0.05, 0.1) is 7.11 Å². The van der Waals surface area contributed by atoms with Gasteiger partial charge in [0.15, 0.2) is 0 Å². The van der Waals surface area contributed by atoms with Gasteiger partial charge in [-0.25, -0.2) is 0 Å². The molecule has 0 atom stereocenters. The molecular formula is C14H17NOS. The number of nitrogens with one attached hydrogen (secondary N) is 1. The van der Waals surface area contributed by atoms with Crippen LogP contribution in [-0.2, 0) is 13.0 Å². The molecule has 0 aliphatic heterocycles. The monoisotopic (exact) mass is 247 g/mol. The average Bonchev–Trinajstić information content (AvgIpc) is 2.85. The Kier molecular flexibility index (Phi) is 4.04. The predicted octanol–water partition coefficient (Wildman–Crippen LogP) is 3.93. The maximum absolute atomic E-state index is 5.12. The van der Waals surface area contributed by atoms with Crippen LogP contribution < -0.4 is 10.1 Å². The van der Waals surface area contributed by atoms with Crippen LogP contribution in [0.3, 0.4) is 0 Å². The minimum Gasteiger partial charge on any atom is -0.497 e. The first-order chi connectivity index (χ1) is 8.31. The molecule has 0 aliphatic rings. The third-order valence-electron chi connectivity index (χ3n) is 2.62. The van der Waals surface area contributed by atoms with Gasteiger partial charge in [-0.1, -0.05) is 6.92 Å². The molecule has 0 amide bonds. The second-order valence-corrected chi connectivity index (χ2v) is 5.06. The first-order valence-electron chi connectivity index (χ1n) is 5.77. The Morgan fingerprint density at radius 2 is 1.76 bits per heavy atom. The lowest BCUT2D eigenvalue weighted by molar-refractivity contribution is 0.415. The van der Waals surface area contributed by atoms with Crippen molar-refractivity contribution in [2.24, 2.45) is 0 Å². The molecule has 0 saturated carbocycles. The average molecular weight is 247 g/mol. The number of hydrogen-bond donors (Lipinski definition) is 1. The molecule has 0 aliphatic carbocycles. The van der Waals surface area contributed by atoms with Crippen LogP contribution in [0.4, 0.5) is 5.69 Å². The van der Waals surface area contributed by atoms with Gasteiger partial charge in [0.25, 0.3) is 0 Å². The predicted molar refractivity (Wildman–Crippen MR) is 74.0 cm³/mol. The Labute approximate surface area is 106 Å². The van der Waals surface area contributed by atoms with Crippen molar-refractivity contribution in [3.8, 4) is 5.75 Å². The van der Waals surface area contributed by atoms with Crippen molar-refractivity contribution >= 4 is 17.0 Å². The highest BCUT2D eigenvalue weighted by Crippen LogP contribution is 2.19. The molecule has 0 saturated heterocycles. The van der Waals surface area contributed by atoms with E-state index in [1.807, 2.05) is 35.6 Å². The number of anilines is 1. The zero-order chi connectivity index (χ0) is 12.1. The number of hydrogen-bond acceptors (Lipinski definition) is 3. The first-order valence-corrected chi connectivity index (χ1v) is 6.59. The van der Waals surface area contributed by atoms with E-state index in [4.69, 9.17) is 4.74 Å². The summed E-state index contributed by atoms with van der Waals surface area (Å²) in [4.78, 5) is 2.81. The van der Waals surface area contributed by atoms with Crippen LogP contribution in [0.1, 0.15) is 16.7 Å². The molecule has 2 aromatic rings. The van der Waals surface area contributed by atoms with Crippen LogP contribution in [0.2, 0.25) is 0 Å². The van der Waals surface area contributed by atoms with Gasteiger partial charge in [-0.3, -0.25) is 0 Å². The topological polar surface area (TPSA) is 21.3 Å². The molecule has 1 heterocycles. The number of rotatable bonds is 5. The molecule has 17 heavy (non-hydrogen) atoms. The molecule has 2 rings (SSSR count). The van der Waals surface area contributed by atoms with Crippen LogP contribution in [0.15, 0.2) is 36.4 Å². The highest BCUT2D eigenvalue weighted by Gasteiger charge is 1.99. The largest absolute Gasteiger partial charge is 0.497 e. The van der Waals surface area contributed by atoms with Gasteiger partial charge in [0.2, 0.25) is 0 Å². The molecule has 0 radical (unpaired) electrons. The zero-order valence-corrected chi connectivity index (χ0v) is 11.0. The summed E-state index contributed by atoms with van der Waals surface area (Å²) in [6.07, 6.45) is 1.12. The van der Waals surface area contributed by atoms with Gasteiger partial charge < -0.3 is 10.1 Å². The van der Waals surface area contributed by atoms with Gasteiger partial charge in [-0.05, 0) is 42.8 Å². The maximum atomic E-state index is 5.12. The van der Waals surface area contributed by atoms with E-state index in [0.717, 1.165) is 24.4 Å². The minimum absolute atomic E-state index is 0.886. The summed E-state index contributed by atoms with van der Waals surface area (Å²) in [6.45, 7) is 3.07. The van der Waals surface area contributed by atoms with Gasteiger partial charge in [0.1, 0.15) is 5.75 Å². The van der Waals surface area contributed by atoms with E-state index in [-0.39, 0.29) is 0 Å². The Morgan fingerprint density at radius 3 is 2.35 bits per heavy atom. The van der Waals surface area contributed by atoms with Crippen LogP contribution >= 0.6 is 11.3 Å². The van der Waals surface area contributed by atoms with E-state index in [9.17, 15) is 0 Å². The molecule has 1 aromatic heterocycles. The van der Waals surface area contributed by atoms with E-state index in [1.165, 1.54) is 9.75 Å². The third-order valence-corrected chi connectivity index (χ3v) is 3.85. The molecule has 90 valence electrons. The molecule has 3 heteroatoms. The van der Waals surface area contributed by atoms with Gasteiger partial charge in [-0.15, -0.1) is 11.3 Å². The lowest BCUT2D eigenvalue weighted by atomic mass is 10.3. The molecular weight excluding hydrogens is 230 g/mol. The van der Waals surface area contributed by atoms with Crippen LogP contribution in [-0.4, -0.2) is 7.11 Å². The fourth-order valence-corrected chi connectivity index (χ4v) is 2.50. The normalized spacial score (nSPS) is 10.2. The molecule has 2 nitrogen and oxygen atoms in total. The van der Waals surface area contributed by atoms with Crippen LogP contribution in [0.5, 0.6) is 5.75 Å². The van der Waals surface area contributed by atoms with Crippen LogP contribution in [0.25, 0.3) is 0 Å². The molecule has 1 N–H and O–H groups in total. The fourth-order valence-electron chi connectivity index (χ4n) is 1.61. The smallest absolute Gasteiger partial charge is 0.119 e. The van der Waals surface area contributed by atoms with Crippen molar-refractivity contribution in [1.29, 1.82) is 0 Å². The van der Waals surface area contributed by atoms with Crippen molar-refractivity contribution in [2.45, 2.75) is 19.9 Å². The molecule has 0 bridgehead atoms. The third kappa shape index (κ3) is 3.24. The minimum atomic E-state index is 0.886. The highest BCUT2D eigenvalue weighted by atomic mass is 32.1. The Balaban J connectivity index is 1.92. The number of aryl methyl sites for hydroxylation is 1. The molecule has 0 spiro atoms. The zero-order valence-electron chi connectivity index (χ0n) is 10.2. The molecule has 1 aromatic carbocycles. The second kappa shape index (κ2) is 5.73. The lowest BCUT2D eigenvalue weighted by Crippen LogP contribution is -1.96. The summed E-state index contributed by atoms with van der Waals surface area (Å²) in [5.41, 5.74) is 1.12. The van der Waals surface area contributed by atoms with Crippen molar-refractivity contribution < 1.29 is 4.74 Å². The van der Waals surface area contributed by atoms with E-state index in [2.05, 4.69) is 24.4 Å². The standard InChI is InChI=1S/C14H17NOS/c1-3-13-8-9-14(17-13)10-15-11-4-6-12(16-2)7-5-11/h4-9,15H,3,10H2,1-2H3. The van der Waals surface area contributed by atoms with Gasteiger partial charge in [0, 0.05) is 22.0 Å². The van der Waals surface area contributed by atoms with Crippen LogP contribution in [0, 0.1) is 0 Å². The summed E-state index contributed by atoms with van der Waals surface area (Å²) >= 11 is 1.87. The Bertz CT molecular complexity index is 461. The Morgan fingerprint density at radius 1 is 1.06 bits per heavy atom. The lowest BCUT2D eigenvalue weighted by Gasteiger charge is -2.05. The summed E-state index contributed by atoms with van der Waals surface area (Å²) in [5, 5.41) is 3.40. The summed E-state index contributed by atoms with van der Waals surface area (Å²) in [5.74, 6) is 0.889. The van der Waals surface area contributed by atoms with E-state index < -0.39 is 0 Å². The summed E-state index contributed by atoms with van der Waals surface area (Å²) in [7, 11) is 1.68. The van der Waals surface area contributed by atoms with E-state index in [0.29, 0.717) is 0 Å². The van der Waals surface area contributed by atoms with Crippen molar-refractivity contribution in [1.82, 2.24) is 0 Å². The maximum Gasteiger partial charge on any atom is 0.119 e. The Hall–Kier alpha value is -1.48. The van der Waals surface area contributed by atoms with Crippen molar-refractivity contribution in [3.05, 3.63) is 46.2 Å². The summed E-state index contributed by atoms with van der Waals surface area (Å²) in [6, 6.07) is 12.4. The van der Waals surface area contributed by atoms with Gasteiger partial charge >= 0.3 is 0 Å². The van der Waals surface area contributed by atoms with E-state index in [1.54, 1.807) is 7.11 Å².